The van der Waals surface area contributed by atoms with E-state index in [0.29, 0.717) is 22.8 Å². The number of halogens is 2. The number of hydrogen-bond donors (Lipinski definition) is 2. The molecule has 6 heteroatoms. The molecule has 1 amide bonds. The summed E-state index contributed by atoms with van der Waals surface area (Å²) < 4.78 is 5.81. The van der Waals surface area contributed by atoms with Crippen molar-refractivity contribution in [2.45, 2.75) is 44.6 Å². The van der Waals surface area contributed by atoms with Crippen molar-refractivity contribution in [2.24, 2.45) is 0 Å². The summed E-state index contributed by atoms with van der Waals surface area (Å²) in [7, 11) is 0. The van der Waals surface area contributed by atoms with Gasteiger partial charge in [-0.15, -0.1) is 12.4 Å². The number of carbonyl (C=O) groups is 1. The summed E-state index contributed by atoms with van der Waals surface area (Å²) >= 11 is 3.28. The summed E-state index contributed by atoms with van der Waals surface area (Å²) in [6.45, 7) is 1.44. The van der Waals surface area contributed by atoms with E-state index in [1.165, 1.54) is 44.8 Å². The Morgan fingerprint density at radius 1 is 1.25 bits per heavy atom. The van der Waals surface area contributed by atoms with E-state index < -0.39 is 0 Å². The minimum atomic E-state index is -0.167. The van der Waals surface area contributed by atoms with Crippen molar-refractivity contribution in [1.82, 2.24) is 10.6 Å². The number of carbonyl (C=O) groups excluding carboxylic acids is 1. The monoisotopic (exact) mass is 364 g/mol. The second-order valence-corrected chi connectivity index (χ2v) is 5.85. The van der Waals surface area contributed by atoms with Gasteiger partial charge in [-0.3, -0.25) is 4.79 Å². The van der Waals surface area contributed by atoms with E-state index in [1.807, 2.05) is 0 Å². The Hall–Kier alpha value is -0.520. The lowest BCUT2D eigenvalue weighted by Crippen LogP contribution is -2.36. The molecule has 0 bridgehead atoms. The zero-order valence-electron chi connectivity index (χ0n) is 11.5. The van der Waals surface area contributed by atoms with Gasteiger partial charge in [0.25, 0.3) is 5.91 Å². The van der Waals surface area contributed by atoms with Crippen LogP contribution in [0, 0.1) is 0 Å². The maximum atomic E-state index is 11.8. The second-order valence-electron chi connectivity index (χ2n) is 5.00. The Morgan fingerprint density at radius 2 is 1.95 bits per heavy atom. The number of amides is 1. The number of hydrogen-bond acceptors (Lipinski definition) is 3. The second kappa shape index (κ2) is 9.42. The van der Waals surface area contributed by atoms with Gasteiger partial charge in [0.2, 0.25) is 5.76 Å². The molecule has 114 valence electrons. The van der Waals surface area contributed by atoms with Gasteiger partial charge in [-0.2, -0.15) is 0 Å². The van der Waals surface area contributed by atoms with Gasteiger partial charge in [0.05, 0.1) is 10.7 Å². The maximum absolute atomic E-state index is 11.8. The van der Waals surface area contributed by atoms with Crippen molar-refractivity contribution in [3.63, 3.8) is 0 Å². The quantitative estimate of drug-likeness (QED) is 0.620. The molecule has 2 N–H and O–H groups in total. The van der Waals surface area contributed by atoms with E-state index in [9.17, 15) is 4.79 Å². The molecule has 0 unspecified atom stereocenters. The first kappa shape index (κ1) is 17.5. The predicted molar refractivity (Wildman–Crippen MR) is 85.5 cm³/mol. The molecule has 0 spiro atoms. The third-order valence-electron chi connectivity index (χ3n) is 3.52. The van der Waals surface area contributed by atoms with E-state index in [2.05, 4.69) is 26.6 Å². The number of nitrogens with one attached hydrogen (secondary N) is 2. The van der Waals surface area contributed by atoms with Crippen molar-refractivity contribution in [3.05, 3.63) is 22.6 Å². The molecule has 1 aromatic heterocycles. The fourth-order valence-electron chi connectivity index (χ4n) is 2.47. The Balaban J connectivity index is 0.00000200. The van der Waals surface area contributed by atoms with E-state index >= 15 is 0 Å². The van der Waals surface area contributed by atoms with Gasteiger partial charge in [0.15, 0.2) is 0 Å². The van der Waals surface area contributed by atoms with Crippen molar-refractivity contribution in [3.8, 4) is 0 Å². The van der Waals surface area contributed by atoms with Crippen LogP contribution in [0.5, 0.6) is 0 Å². The van der Waals surface area contributed by atoms with Crippen molar-refractivity contribution in [2.75, 3.05) is 13.1 Å². The van der Waals surface area contributed by atoms with Crippen LogP contribution >= 0.6 is 28.3 Å². The third kappa shape index (κ3) is 5.46. The number of furan rings is 1. The molecule has 0 aromatic carbocycles. The van der Waals surface area contributed by atoms with Crippen LogP contribution in [-0.2, 0) is 0 Å². The van der Waals surface area contributed by atoms with Gasteiger partial charge in [-0.1, -0.05) is 25.7 Å². The number of rotatable bonds is 5. The van der Waals surface area contributed by atoms with Crippen LogP contribution in [0.25, 0.3) is 0 Å². The van der Waals surface area contributed by atoms with E-state index in [4.69, 9.17) is 4.42 Å². The molecular formula is C14H22BrClN2O2. The van der Waals surface area contributed by atoms with Crippen LogP contribution in [0.3, 0.4) is 0 Å². The molecule has 1 aliphatic rings. The highest BCUT2D eigenvalue weighted by Crippen LogP contribution is 2.17. The molecule has 0 radical (unpaired) electrons. The molecular weight excluding hydrogens is 344 g/mol. The fourth-order valence-corrected chi connectivity index (χ4v) is 2.85. The molecule has 2 rings (SSSR count). The molecule has 0 aliphatic heterocycles. The summed E-state index contributed by atoms with van der Waals surface area (Å²) in [4.78, 5) is 11.8. The third-order valence-corrected chi connectivity index (χ3v) is 4.15. The fraction of sp³-hybridized carbons (Fsp3) is 0.643. The van der Waals surface area contributed by atoms with Gasteiger partial charge in [-0.25, -0.2) is 0 Å². The van der Waals surface area contributed by atoms with Crippen LogP contribution in [0.2, 0.25) is 0 Å². The van der Waals surface area contributed by atoms with Gasteiger partial charge in [0, 0.05) is 19.1 Å². The average molecular weight is 366 g/mol. The van der Waals surface area contributed by atoms with E-state index in [-0.39, 0.29) is 18.3 Å². The molecule has 1 fully saturated rings. The first-order valence-electron chi connectivity index (χ1n) is 7.02. The molecule has 0 atom stereocenters. The highest BCUT2D eigenvalue weighted by molar-refractivity contribution is 9.10. The van der Waals surface area contributed by atoms with Crippen LogP contribution in [0.1, 0.15) is 49.1 Å². The summed E-state index contributed by atoms with van der Waals surface area (Å²) in [6.07, 6.45) is 9.40. The highest BCUT2D eigenvalue weighted by Gasteiger charge is 2.14. The molecule has 1 heterocycles. The van der Waals surface area contributed by atoms with Gasteiger partial charge < -0.3 is 15.1 Å². The van der Waals surface area contributed by atoms with Crippen LogP contribution in [0.15, 0.2) is 21.2 Å². The summed E-state index contributed by atoms with van der Waals surface area (Å²) in [5.41, 5.74) is 0. The van der Waals surface area contributed by atoms with Crippen LogP contribution in [-0.4, -0.2) is 25.0 Å². The van der Waals surface area contributed by atoms with Gasteiger partial charge in [0.1, 0.15) is 0 Å². The first-order chi connectivity index (χ1) is 9.27. The van der Waals surface area contributed by atoms with E-state index in [0.717, 1.165) is 6.54 Å². The van der Waals surface area contributed by atoms with Crippen LogP contribution in [0.4, 0.5) is 0 Å². The molecule has 0 saturated heterocycles. The lowest BCUT2D eigenvalue weighted by atomic mass is 10.1. The standard InChI is InChI=1S/C14H21BrN2O2.ClH/c15-12-7-10-19-13(12)14(18)17-9-8-16-11-5-3-1-2-4-6-11;/h7,10-11,16H,1-6,8-9H2,(H,17,18);1H. The summed E-state index contributed by atoms with van der Waals surface area (Å²) in [6, 6.07) is 2.34. The maximum Gasteiger partial charge on any atom is 0.288 e. The minimum Gasteiger partial charge on any atom is -0.458 e. The lowest BCUT2D eigenvalue weighted by molar-refractivity contribution is 0.0924. The van der Waals surface area contributed by atoms with Crippen LogP contribution < -0.4 is 10.6 Å². The SMILES string of the molecule is Cl.O=C(NCCNC1CCCCCC1)c1occc1Br. The Kier molecular flexibility index (Phi) is 8.26. The van der Waals surface area contributed by atoms with Gasteiger partial charge in [-0.05, 0) is 34.8 Å². The normalized spacial score (nSPS) is 16.2. The molecule has 1 aromatic rings. The summed E-state index contributed by atoms with van der Waals surface area (Å²) in [5.74, 6) is 0.175. The minimum absolute atomic E-state index is 0. The smallest absolute Gasteiger partial charge is 0.288 e. The Labute approximate surface area is 134 Å². The largest absolute Gasteiger partial charge is 0.458 e. The highest BCUT2D eigenvalue weighted by atomic mass is 79.9. The molecule has 1 aliphatic carbocycles. The first-order valence-corrected chi connectivity index (χ1v) is 7.81. The molecule has 20 heavy (non-hydrogen) atoms. The van der Waals surface area contributed by atoms with E-state index in [1.54, 1.807) is 6.07 Å². The Bertz CT molecular complexity index is 404. The zero-order valence-corrected chi connectivity index (χ0v) is 13.9. The summed E-state index contributed by atoms with van der Waals surface area (Å²) in [5, 5.41) is 6.38. The van der Waals surface area contributed by atoms with Gasteiger partial charge >= 0.3 is 0 Å². The predicted octanol–water partition coefficient (Wildman–Crippen LogP) is 3.51. The Morgan fingerprint density at radius 3 is 2.55 bits per heavy atom. The van der Waals surface area contributed by atoms with Crippen molar-refractivity contribution < 1.29 is 9.21 Å². The zero-order chi connectivity index (χ0) is 13.5. The van der Waals surface area contributed by atoms with Crippen molar-refractivity contribution in [1.29, 1.82) is 0 Å². The average Bonchev–Trinajstić information content (AvgIpc) is 2.68. The molecule has 4 nitrogen and oxygen atoms in total. The lowest BCUT2D eigenvalue weighted by Gasteiger charge is -2.16. The van der Waals surface area contributed by atoms with Crippen molar-refractivity contribution >= 4 is 34.2 Å². The topological polar surface area (TPSA) is 54.3 Å². The molecule has 1 saturated carbocycles.